The molecule has 232 valence electrons. The highest BCUT2D eigenvalue weighted by molar-refractivity contribution is 7.91. The minimum Gasteiger partial charge on any atom is -0.322 e. The van der Waals surface area contributed by atoms with Gasteiger partial charge in [0.05, 0.1) is 39.2 Å². The molecule has 3 aromatic carbocycles. The van der Waals surface area contributed by atoms with E-state index in [4.69, 9.17) is 9.11 Å². The molecule has 1 heterocycles. The lowest BCUT2D eigenvalue weighted by atomic mass is 10.2. The van der Waals surface area contributed by atoms with Crippen molar-refractivity contribution in [2.45, 2.75) is 16.7 Å². The molecule has 0 atom stereocenters. The predicted octanol–water partition coefficient (Wildman–Crippen LogP) is 2.98. The topological polar surface area (TPSA) is 244 Å². The average Bonchev–Trinajstić information content (AvgIpc) is 3.23. The van der Waals surface area contributed by atoms with Crippen molar-refractivity contribution in [2.75, 3.05) is 17.7 Å². The third kappa shape index (κ3) is 8.09. The van der Waals surface area contributed by atoms with Crippen LogP contribution in [0.1, 0.15) is 16.1 Å². The number of benzene rings is 3. The van der Waals surface area contributed by atoms with E-state index < -0.39 is 54.2 Å². The number of rotatable bonds is 11. The van der Waals surface area contributed by atoms with Gasteiger partial charge in [-0.3, -0.25) is 23.8 Å². The van der Waals surface area contributed by atoms with Crippen LogP contribution in [-0.4, -0.2) is 62.4 Å². The van der Waals surface area contributed by atoms with Crippen molar-refractivity contribution in [3.63, 3.8) is 0 Å². The first-order valence-electron chi connectivity index (χ1n) is 12.2. The Balaban J connectivity index is 1.44. The van der Waals surface area contributed by atoms with Crippen molar-refractivity contribution in [3.8, 4) is 5.69 Å². The molecule has 0 bridgehead atoms. The van der Waals surface area contributed by atoms with Gasteiger partial charge in [-0.2, -0.15) is 21.9 Å². The van der Waals surface area contributed by atoms with Crippen LogP contribution >= 0.6 is 0 Å². The van der Waals surface area contributed by atoms with Crippen LogP contribution in [0.25, 0.3) is 5.69 Å². The smallest absolute Gasteiger partial charge is 0.322 e. The Morgan fingerprint density at radius 2 is 1.57 bits per heavy atom. The van der Waals surface area contributed by atoms with E-state index in [9.17, 15) is 34.8 Å². The second-order valence-corrected chi connectivity index (χ2v) is 13.6. The Morgan fingerprint density at radius 1 is 0.909 bits per heavy atom. The number of carbonyl (C=O) groups is 1. The van der Waals surface area contributed by atoms with E-state index in [2.05, 4.69) is 24.8 Å². The second kappa shape index (κ2) is 12.6. The summed E-state index contributed by atoms with van der Waals surface area (Å²) in [5.41, 5.74) is 0.683. The minimum absolute atomic E-state index is 0.0231. The summed E-state index contributed by atoms with van der Waals surface area (Å²) < 4.78 is 91.6. The number of carbonyl (C=O) groups excluding carboxylic acids is 1. The SMILES string of the molecule is Cc1[nH]n(-c2ccc(S(=O)(=O)O)cc2)c(=O)c1N=Nc1ccc(C(=O)Nc2cccc(S(=O)(=O)CCOS(=O)(=O)O)c2)cc1. The normalized spacial score (nSPS) is 12.4. The van der Waals surface area contributed by atoms with Crippen molar-refractivity contribution in [1.82, 2.24) is 9.78 Å². The molecule has 16 nitrogen and oxygen atoms in total. The fourth-order valence-electron chi connectivity index (χ4n) is 3.73. The molecule has 0 aliphatic rings. The number of hydrogen-bond donors (Lipinski definition) is 4. The maximum absolute atomic E-state index is 12.9. The highest BCUT2D eigenvalue weighted by Crippen LogP contribution is 2.22. The lowest BCUT2D eigenvalue weighted by molar-refractivity contribution is 0.102. The number of sulfone groups is 1. The van der Waals surface area contributed by atoms with Crippen LogP contribution < -0.4 is 10.9 Å². The number of aryl methyl sites for hydroxylation is 1. The number of azo groups is 1. The highest BCUT2D eigenvalue weighted by Gasteiger charge is 2.18. The van der Waals surface area contributed by atoms with Gasteiger partial charge in [0.1, 0.15) is 0 Å². The Bertz CT molecular complexity index is 2120. The van der Waals surface area contributed by atoms with Crippen LogP contribution in [0, 0.1) is 6.92 Å². The fraction of sp³-hybridized carbons (Fsp3) is 0.120. The van der Waals surface area contributed by atoms with Gasteiger partial charge in [-0.15, -0.1) is 5.11 Å². The number of hydrogen-bond acceptors (Lipinski definition) is 11. The quantitative estimate of drug-likeness (QED) is 0.134. The van der Waals surface area contributed by atoms with E-state index in [1.54, 1.807) is 6.92 Å². The molecule has 19 heteroatoms. The molecule has 1 amide bonds. The molecule has 0 radical (unpaired) electrons. The summed E-state index contributed by atoms with van der Waals surface area (Å²) in [5.74, 6) is -1.32. The fourth-order valence-corrected chi connectivity index (χ4v) is 5.74. The van der Waals surface area contributed by atoms with E-state index in [1.165, 1.54) is 60.7 Å². The molecular formula is C25H23N5O11S3. The Labute approximate surface area is 250 Å². The number of H-pyrrole nitrogens is 1. The van der Waals surface area contributed by atoms with E-state index in [1.807, 2.05) is 0 Å². The number of amides is 1. The molecule has 1 aromatic heterocycles. The van der Waals surface area contributed by atoms with Crippen LogP contribution in [0.4, 0.5) is 17.1 Å². The number of aromatic amines is 1. The van der Waals surface area contributed by atoms with E-state index in [0.29, 0.717) is 11.4 Å². The van der Waals surface area contributed by atoms with Crippen LogP contribution in [0.2, 0.25) is 0 Å². The summed E-state index contributed by atoms with van der Waals surface area (Å²) in [6, 6.07) is 15.9. The van der Waals surface area contributed by atoms with E-state index in [0.717, 1.165) is 16.8 Å². The van der Waals surface area contributed by atoms with Crippen LogP contribution in [-0.2, 0) is 34.5 Å². The summed E-state index contributed by atoms with van der Waals surface area (Å²) in [4.78, 5) is 25.0. The average molecular weight is 666 g/mol. The van der Waals surface area contributed by atoms with Crippen molar-refractivity contribution in [3.05, 3.63) is 94.4 Å². The molecule has 4 aromatic rings. The minimum atomic E-state index is -4.80. The van der Waals surface area contributed by atoms with Gasteiger partial charge in [0.2, 0.25) is 0 Å². The number of nitrogens with one attached hydrogen (secondary N) is 2. The van der Waals surface area contributed by atoms with Gasteiger partial charge < -0.3 is 5.32 Å². The lowest BCUT2D eigenvalue weighted by Crippen LogP contribution is -2.16. The Hall–Kier alpha value is -4.53. The molecule has 44 heavy (non-hydrogen) atoms. The van der Waals surface area contributed by atoms with Gasteiger partial charge >= 0.3 is 10.4 Å². The van der Waals surface area contributed by atoms with Crippen LogP contribution in [0.5, 0.6) is 0 Å². The Kier molecular flexibility index (Phi) is 9.27. The van der Waals surface area contributed by atoms with Gasteiger partial charge in [0.15, 0.2) is 15.5 Å². The summed E-state index contributed by atoms with van der Waals surface area (Å²) in [6.45, 7) is 0.786. The van der Waals surface area contributed by atoms with Crippen LogP contribution in [0.3, 0.4) is 0 Å². The molecule has 4 N–H and O–H groups in total. The lowest BCUT2D eigenvalue weighted by Gasteiger charge is -2.09. The molecular weight excluding hydrogens is 643 g/mol. The van der Waals surface area contributed by atoms with Crippen molar-refractivity contribution in [2.24, 2.45) is 10.2 Å². The Morgan fingerprint density at radius 3 is 2.18 bits per heavy atom. The van der Waals surface area contributed by atoms with Gasteiger partial charge in [-0.1, -0.05) is 6.07 Å². The maximum Gasteiger partial charge on any atom is 0.397 e. The number of anilines is 1. The summed E-state index contributed by atoms with van der Waals surface area (Å²) in [7, 11) is -13.2. The predicted molar refractivity (Wildman–Crippen MR) is 156 cm³/mol. The first kappa shape index (κ1) is 32.4. The molecule has 0 aliphatic carbocycles. The number of nitrogens with zero attached hydrogens (tertiary/aromatic N) is 3. The van der Waals surface area contributed by atoms with Crippen molar-refractivity contribution in [1.29, 1.82) is 0 Å². The first-order chi connectivity index (χ1) is 20.5. The maximum atomic E-state index is 12.9. The van der Waals surface area contributed by atoms with Gasteiger partial charge in [-0.25, -0.2) is 17.3 Å². The van der Waals surface area contributed by atoms with Crippen molar-refractivity contribution >= 4 is 53.3 Å². The zero-order valence-corrected chi connectivity index (χ0v) is 24.9. The monoisotopic (exact) mass is 665 g/mol. The summed E-state index contributed by atoms with van der Waals surface area (Å²) >= 11 is 0. The zero-order valence-electron chi connectivity index (χ0n) is 22.5. The van der Waals surface area contributed by atoms with Crippen molar-refractivity contribution < 1.29 is 43.3 Å². The molecule has 4 rings (SSSR count). The molecule has 0 fully saturated rings. The van der Waals surface area contributed by atoms with E-state index in [-0.39, 0.29) is 32.4 Å². The summed E-state index contributed by atoms with van der Waals surface area (Å²) in [6.07, 6.45) is 0. The molecule has 0 unspecified atom stereocenters. The molecule has 0 saturated heterocycles. The molecule has 0 aliphatic heterocycles. The van der Waals surface area contributed by atoms with E-state index >= 15 is 0 Å². The largest absolute Gasteiger partial charge is 0.397 e. The first-order valence-corrected chi connectivity index (χ1v) is 16.7. The van der Waals surface area contributed by atoms with Gasteiger partial charge in [0, 0.05) is 11.3 Å². The standard InChI is InChI=1S/C25H23N5O11S3/c1-16-23(25(32)30(29-16)20-9-11-21(12-10-20)43(35,36)37)28-27-18-7-5-17(6-8-18)24(31)26-19-3-2-4-22(15-19)42(33,34)14-13-41-44(38,39)40/h2-12,15,29H,13-14H2,1H3,(H,26,31)(H,35,36,37)(H,38,39,40). The number of aromatic nitrogens is 2. The third-order valence-corrected chi connectivity index (χ3v) is 8.87. The zero-order chi connectivity index (χ0) is 32.3. The second-order valence-electron chi connectivity index (χ2n) is 8.99. The van der Waals surface area contributed by atoms with Gasteiger partial charge in [0.25, 0.3) is 21.6 Å². The van der Waals surface area contributed by atoms with Crippen LogP contribution in [0.15, 0.2) is 97.6 Å². The third-order valence-electron chi connectivity index (χ3n) is 5.86. The van der Waals surface area contributed by atoms with Gasteiger partial charge in [-0.05, 0) is 73.7 Å². The highest BCUT2D eigenvalue weighted by atomic mass is 32.3. The summed E-state index contributed by atoms with van der Waals surface area (Å²) in [5, 5.41) is 13.4. The molecule has 0 saturated carbocycles. The molecule has 0 spiro atoms.